The summed E-state index contributed by atoms with van der Waals surface area (Å²) in [6, 6.07) is 13.5. The third kappa shape index (κ3) is 5.56. The van der Waals surface area contributed by atoms with Crippen LogP contribution in [0.5, 0.6) is 0 Å². The highest BCUT2D eigenvalue weighted by atomic mass is 35.5. The van der Waals surface area contributed by atoms with Gasteiger partial charge in [0, 0.05) is 36.6 Å². The van der Waals surface area contributed by atoms with Crippen LogP contribution in [0.4, 0.5) is 5.13 Å². The maximum absolute atomic E-state index is 14.1. The van der Waals surface area contributed by atoms with Crippen molar-refractivity contribution < 1.29 is 14.1 Å². The molecule has 1 fully saturated rings. The molecule has 0 bridgehead atoms. The number of carbonyl (C=O) groups excluding carboxylic acids is 1. The highest BCUT2D eigenvalue weighted by molar-refractivity contribution is 7.98. The Morgan fingerprint density at radius 2 is 2.00 bits per heavy atom. The molecular formula is C25H26Cl2N4O3S2. The first-order valence-corrected chi connectivity index (χ1v) is 13.7. The summed E-state index contributed by atoms with van der Waals surface area (Å²) in [5.41, 5.74) is 2.39. The van der Waals surface area contributed by atoms with Crippen LogP contribution in [0.3, 0.4) is 0 Å². The van der Waals surface area contributed by atoms with Gasteiger partial charge in [-0.3, -0.25) is 14.6 Å². The standard InChI is InChI=1S/C25H25ClN4O3S2.ClH/c1-16-22(23(28-33-16)18-5-3-4-6-19(18)26)24(31)30(10-9-29-11-13-32-14-12-29)25-27-20-8-7-17(34-2)15-21(20)35-25;/h3-8,15H,9-14H2,1-2H3;1H. The van der Waals surface area contributed by atoms with Crippen molar-refractivity contribution in [3.05, 3.63) is 58.8 Å². The Bertz CT molecular complexity index is 1350. The van der Waals surface area contributed by atoms with Crippen molar-refractivity contribution in [1.29, 1.82) is 0 Å². The molecule has 11 heteroatoms. The maximum atomic E-state index is 14.1. The number of benzene rings is 2. The summed E-state index contributed by atoms with van der Waals surface area (Å²) in [5.74, 6) is 0.253. The van der Waals surface area contributed by atoms with E-state index in [1.54, 1.807) is 29.7 Å². The molecule has 36 heavy (non-hydrogen) atoms. The Balaban J connectivity index is 0.00000304. The lowest BCUT2D eigenvalue weighted by Gasteiger charge is -2.29. The zero-order valence-corrected chi connectivity index (χ0v) is 23.1. The van der Waals surface area contributed by atoms with Crippen LogP contribution >= 0.6 is 47.1 Å². The molecule has 0 radical (unpaired) electrons. The number of carbonyl (C=O) groups is 1. The van der Waals surface area contributed by atoms with Crippen LogP contribution in [0, 0.1) is 6.92 Å². The van der Waals surface area contributed by atoms with E-state index < -0.39 is 0 Å². The molecule has 1 amide bonds. The van der Waals surface area contributed by atoms with Crippen LogP contribution in [0.15, 0.2) is 51.9 Å². The zero-order chi connectivity index (χ0) is 24.4. The molecule has 0 unspecified atom stereocenters. The van der Waals surface area contributed by atoms with E-state index in [4.69, 9.17) is 25.8 Å². The number of fused-ring (bicyclic) bond motifs is 1. The number of nitrogens with zero attached hydrogens (tertiary/aromatic N) is 4. The van der Waals surface area contributed by atoms with Crippen molar-refractivity contribution in [2.24, 2.45) is 0 Å². The Morgan fingerprint density at radius 3 is 2.75 bits per heavy atom. The predicted molar refractivity (Wildman–Crippen MR) is 149 cm³/mol. The number of aromatic nitrogens is 2. The highest BCUT2D eigenvalue weighted by Crippen LogP contribution is 2.35. The molecule has 0 atom stereocenters. The average molecular weight is 566 g/mol. The van der Waals surface area contributed by atoms with Gasteiger partial charge in [-0.25, -0.2) is 4.98 Å². The van der Waals surface area contributed by atoms with E-state index in [9.17, 15) is 4.79 Å². The van der Waals surface area contributed by atoms with Crippen LogP contribution < -0.4 is 4.90 Å². The number of morpholine rings is 1. The number of halogens is 2. The van der Waals surface area contributed by atoms with Crippen LogP contribution in [0.2, 0.25) is 5.02 Å². The van der Waals surface area contributed by atoms with E-state index in [0.29, 0.717) is 59.0 Å². The second-order valence-electron chi connectivity index (χ2n) is 8.18. The van der Waals surface area contributed by atoms with Crippen molar-refractivity contribution in [3.8, 4) is 11.3 Å². The Morgan fingerprint density at radius 1 is 1.22 bits per heavy atom. The molecule has 190 valence electrons. The van der Waals surface area contributed by atoms with E-state index in [1.807, 2.05) is 30.5 Å². The van der Waals surface area contributed by atoms with Crippen molar-refractivity contribution in [2.45, 2.75) is 11.8 Å². The van der Waals surface area contributed by atoms with Crippen molar-refractivity contribution in [1.82, 2.24) is 15.0 Å². The topological polar surface area (TPSA) is 71.7 Å². The van der Waals surface area contributed by atoms with Gasteiger partial charge in [-0.05, 0) is 37.4 Å². The zero-order valence-electron chi connectivity index (χ0n) is 19.9. The summed E-state index contributed by atoms with van der Waals surface area (Å²) in [6.45, 7) is 6.05. The van der Waals surface area contributed by atoms with Gasteiger partial charge < -0.3 is 9.26 Å². The molecule has 0 spiro atoms. The number of anilines is 1. The monoisotopic (exact) mass is 564 g/mol. The van der Waals surface area contributed by atoms with Gasteiger partial charge in [0.05, 0.1) is 28.5 Å². The minimum Gasteiger partial charge on any atom is -0.379 e. The summed E-state index contributed by atoms with van der Waals surface area (Å²) in [4.78, 5) is 24.1. The lowest BCUT2D eigenvalue weighted by molar-refractivity contribution is 0.0391. The summed E-state index contributed by atoms with van der Waals surface area (Å²) < 4.78 is 12.0. The number of hydrogen-bond donors (Lipinski definition) is 0. The molecule has 2 aromatic heterocycles. The number of hydrogen-bond acceptors (Lipinski definition) is 8. The lowest BCUT2D eigenvalue weighted by atomic mass is 10.1. The lowest BCUT2D eigenvalue weighted by Crippen LogP contribution is -2.43. The summed E-state index contributed by atoms with van der Waals surface area (Å²) in [7, 11) is 0. The van der Waals surface area contributed by atoms with Crippen molar-refractivity contribution >= 4 is 68.4 Å². The van der Waals surface area contributed by atoms with E-state index >= 15 is 0 Å². The summed E-state index contributed by atoms with van der Waals surface area (Å²) >= 11 is 9.65. The first kappa shape index (κ1) is 26.9. The van der Waals surface area contributed by atoms with E-state index in [1.165, 1.54) is 11.3 Å². The normalized spacial score (nSPS) is 14.1. The average Bonchev–Trinajstić information content (AvgIpc) is 3.47. The van der Waals surface area contributed by atoms with Gasteiger partial charge in [0.2, 0.25) is 0 Å². The van der Waals surface area contributed by atoms with E-state index in [2.05, 4.69) is 22.2 Å². The van der Waals surface area contributed by atoms with Gasteiger partial charge in [-0.1, -0.05) is 46.3 Å². The Hall–Kier alpha value is -2.14. The number of amides is 1. The first-order chi connectivity index (χ1) is 17.0. The van der Waals surface area contributed by atoms with Gasteiger partial charge in [-0.2, -0.15) is 0 Å². The molecule has 5 rings (SSSR count). The van der Waals surface area contributed by atoms with Gasteiger partial charge >= 0.3 is 0 Å². The maximum Gasteiger partial charge on any atom is 0.266 e. The summed E-state index contributed by atoms with van der Waals surface area (Å²) in [5, 5.41) is 5.37. The Kier molecular flexibility index (Phi) is 8.92. The first-order valence-electron chi connectivity index (χ1n) is 11.3. The van der Waals surface area contributed by atoms with Gasteiger partial charge in [0.15, 0.2) is 5.13 Å². The van der Waals surface area contributed by atoms with Crippen LogP contribution in [-0.2, 0) is 4.74 Å². The number of thioether (sulfide) groups is 1. The van der Waals surface area contributed by atoms with Crippen molar-refractivity contribution in [3.63, 3.8) is 0 Å². The van der Waals surface area contributed by atoms with Crippen LogP contribution in [0.25, 0.3) is 21.5 Å². The Labute approximate surface area is 229 Å². The van der Waals surface area contributed by atoms with Gasteiger partial charge in [-0.15, -0.1) is 24.2 Å². The number of rotatable bonds is 7. The number of aryl methyl sites for hydroxylation is 1. The molecule has 0 N–H and O–H groups in total. The molecule has 0 saturated carbocycles. The molecule has 4 aromatic rings. The molecule has 1 aliphatic rings. The number of thiazole rings is 1. The molecule has 3 heterocycles. The smallest absolute Gasteiger partial charge is 0.266 e. The van der Waals surface area contributed by atoms with Gasteiger partial charge in [0.25, 0.3) is 5.91 Å². The SMILES string of the molecule is CSc1ccc2nc(N(CCN3CCOCC3)C(=O)c3c(-c4ccccc4Cl)noc3C)sc2c1.Cl. The van der Waals surface area contributed by atoms with Crippen LogP contribution in [0.1, 0.15) is 16.1 Å². The van der Waals surface area contributed by atoms with Crippen molar-refractivity contribution in [2.75, 3.05) is 50.5 Å². The van der Waals surface area contributed by atoms with E-state index in [-0.39, 0.29) is 18.3 Å². The largest absolute Gasteiger partial charge is 0.379 e. The molecule has 1 aliphatic heterocycles. The minimum absolute atomic E-state index is 0. The third-order valence-corrected chi connectivity index (χ3v) is 8.11. The second kappa shape index (κ2) is 11.9. The highest BCUT2D eigenvalue weighted by Gasteiger charge is 2.30. The molecule has 1 saturated heterocycles. The number of ether oxygens (including phenoxy) is 1. The fourth-order valence-electron chi connectivity index (χ4n) is 4.08. The van der Waals surface area contributed by atoms with Crippen LogP contribution in [-0.4, -0.2) is 66.6 Å². The fraction of sp³-hybridized carbons (Fsp3) is 0.320. The minimum atomic E-state index is -0.198. The molecule has 0 aliphatic carbocycles. The predicted octanol–water partition coefficient (Wildman–Crippen LogP) is 6.04. The van der Waals surface area contributed by atoms with Gasteiger partial charge in [0.1, 0.15) is 17.0 Å². The molecular weight excluding hydrogens is 539 g/mol. The fourth-order valence-corrected chi connectivity index (χ4v) is 5.85. The van der Waals surface area contributed by atoms with E-state index in [0.717, 1.165) is 28.2 Å². The summed E-state index contributed by atoms with van der Waals surface area (Å²) in [6.07, 6.45) is 2.05. The third-order valence-electron chi connectivity index (χ3n) is 6.01. The molecule has 2 aromatic carbocycles. The quantitative estimate of drug-likeness (QED) is 0.253. The molecule has 7 nitrogen and oxygen atoms in total. The second-order valence-corrected chi connectivity index (χ2v) is 10.5.